The normalized spacial score (nSPS) is 14.0. The molecule has 4 rings (SSSR count). The van der Waals surface area contributed by atoms with Crippen LogP contribution in [0.2, 0.25) is 0 Å². The number of aromatic nitrogens is 2. The number of carbonyl (C=O) groups excluding carboxylic acids is 1. The number of hydrogen-bond acceptors (Lipinski definition) is 4. The van der Waals surface area contributed by atoms with Gasteiger partial charge >= 0.3 is 0 Å². The Balaban J connectivity index is 1.60. The van der Waals surface area contributed by atoms with Crippen LogP contribution < -0.4 is 4.90 Å². The summed E-state index contributed by atoms with van der Waals surface area (Å²) in [5.74, 6) is 0.934. The van der Waals surface area contributed by atoms with Crippen LogP contribution in [0.5, 0.6) is 0 Å². The van der Waals surface area contributed by atoms with Crippen molar-refractivity contribution in [3.05, 3.63) is 53.3 Å². The predicted octanol–water partition coefficient (Wildman–Crippen LogP) is 4.70. The van der Waals surface area contributed by atoms with Gasteiger partial charge in [-0.05, 0) is 56.0 Å². The van der Waals surface area contributed by atoms with Crippen molar-refractivity contribution in [2.75, 3.05) is 24.5 Å². The molecular formula is C27H36N4O3S. The highest BCUT2D eigenvalue weighted by Gasteiger charge is 2.25. The van der Waals surface area contributed by atoms with Crippen LogP contribution in [-0.2, 0) is 34.2 Å². The third-order valence-electron chi connectivity index (χ3n) is 6.81. The van der Waals surface area contributed by atoms with Crippen molar-refractivity contribution in [3.63, 3.8) is 0 Å². The molecule has 0 N–H and O–H groups in total. The van der Waals surface area contributed by atoms with Gasteiger partial charge in [-0.2, -0.15) is 4.31 Å². The molecule has 7 nitrogen and oxygen atoms in total. The summed E-state index contributed by atoms with van der Waals surface area (Å²) in [6, 6.07) is 11.5. The first-order valence-electron chi connectivity index (χ1n) is 12.7. The molecule has 0 bridgehead atoms. The number of nitrogens with zero attached hydrogens (tertiary/aromatic N) is 4. The summed E-state index contributed by atoms with van der Waals surface area (Å²) < 4.78 is 29.6. The first kappa shape index (κ1) is 25.4. The Morgan fingerprint density at radius 3 is 2.57 bits per heavy atom. The molecule has 0 unspecified atom stereocenters. The minimum absolute atomic E-state index is 0.106. The van der Waals surface area contributed by atoms with E-state index in [0.717, 1.165) is 49.4 Å². The van der Waals surface area contributed by atoms with Crippen molar-refractivity contribution in [2.45, 2.75) is 71.2 Å². The second-order valence-electron chi connectivity index (χ2n) is 9.20. The highest BCUT2D eigenvalue weighted by atomic mass is 32.2. The van der Waals surface area contributed by atoms with E-state index in [-0.39, 0.29) is 10.8 Å². The van der Waals surface area contributed by atoms with E-state index in [2.05, 4.69) is 36.6 Å². The number of carbonyl (C=O) groups is 1. The van der Waals surface area contributed by atoms with E-state index in [4.69, 9.17) is 4.98 Å². The standard InChI is InChI=1S/C27H36N4O3S/c1-5-16-30-25-13-11-22(35(33,34)29(6-2)7-3)19-23(25)28-26(30)14-15-27(32)31-17-8-9-21-18-20(4)10-12-24(21)31/h10-13,18-19H,5-9,14-17H2,1-4H3. The zero-order chi connectivity index (χ0) is 25.2. The molecule has 0 spiro atoms. The second kappa shape index (κ2) is 10.5. The highest BCUT2D eigenvalue weighted by Crippen LogP contribution is 2.29. The Morgan fingerprint density at radius 1 is 1.09 bits per heavy atom. The lowest BCUT2D eigenvalue weighted by molar-refractivity contribution is -0.118. The summed E-state index contributed by atoms with van der Waals surface area (Å²) >= 11 is 0. The van der Waals surface area contributed by atoms with Gasteiger partial charge in [0.1, 0.15) is 5.82 Å². The van der Waals surface area contributed by atoms with Gasteiger partial charge in [-0.3, -0.25) is 4.79 Å². The lowest BCUT2D eigenvalue weighted by Gasteiger charge is -2.30. The monoisotopic (exact) mass is 496 g/mol. The number of anilines is 1. The molecule has 1 amide bonds. The first-order chi connectivity index (χ1) is 16.8. The maximum atomic E-state index is 13.2. The third kappa shape index (κ3) is 5.00. The number of fused-ring (bicyclic) bond motifs is 2. The molecule has 188 valence electrons. The molecular weight excluding hydrogens is 460 g/mol. The fourth-order valence-electron chi connectivity index (χ4n) is 5.04. The van der Waals surface area contributed by atoms with Crippen molar-refractivity contribution in [3.8, 4) is 0 Å². The van der Waals surface area contributed by atoms with Crippen LogP contribution in [0.3, 0.4) is 0 Å². The summed E-state index contributed by atoms with van der Waals surface area (Å²) in [6.45, 7) is 10.2. The average molecular weight is 497 g/mol. The van der Waals surface area contributed by atoms with Crippen molar-refractivity contribution >= 4 is 32.7 Å². The molecule has 1 aliphatic heterocycles. The quantitative estimate of drug-likeness (QED) is 0.430. The molecule has 0 radical (unpaired) electrons. The average Bonchev–Trinajstić information content (AvgIpc) is 3.19. The van der Waals surface area contributed by atoms with E-state index in [9.17, 15) is 13.2 Å². The zero-order valence-corrected chi connectivity index (χ0v) is 22.1. The molecule has 3 aromatic rings. The van der Waals surface area contributed by atoms with Gasteiger partial charge in [0.15, 0.2) is 0 Å². The molecule has 2 heterocycles. The van der Waals surface area contributed by atoms with Crippen LogP contribution in [0.25, 0.3) is 11.0 Å². The Kier molecular flexibility index (Phi) is 7.62. The Hall–Kier alpha value is -2.71. The van der Waals surface area contributed by atoms with Crippen LogP contribution in [0.15, 0.2) is 41.3 Å². The van der Waals surface area contributed by atoms with Crippen molar-refractivity contribution in [1.82, 2.24) is 13.9 Å². The minimum Gasteiger partial charge on any atom is -0.328 e. The Morgan fingerprint density at radius 2 is 1.86 bits per heavy atom. The minimum atomic E-state index is -3.56. The van der Waals surface area contributed by atoms with Crippen molar-refractivity contribution in [1.29, 1.82) is 0 Å². The van der Waals surface area contributed by atoms with E-state index in [1.807, 2.05) is 24.8 Å². The van der Waals surface area contributed by atoms with Gasteiger partial charge in [0.2, 0.25) is 15.9 Å². The fourth-order valence-corrected chi connectivity index (χ4v) is 6.51. The Bertz CT molecular complexity index is 1330. The summed E-state index contributed by atoms with van der Waals surface area (Å²) in [7, 11) is -3.56. The van der Waals surface area contributed by atoms with Crippen LogP contribution in [-0.4, -0.2) is 47.8 Å². The predicted molar refractivity (Wildman–Crippen MR) is 140 cm³/mol. The molecule has 0 saturated carbocycles. The number of amides is 1. The molecule has 0 atom stereocenters. The van der Waals surface area contributed by atoms with E-state index in [0.29, 0.717) is 31.4 Å². The summed E-state index contributed by atoms with van der Waals surface area (Å²) in [6.07, 6.45) is 3.78. The van der Waals surface area contributed by atoms with E-state index in [1.165, 1.54) is 15.4 Å². The van der Waals surface area contributed by atoms with Gasteiger partial charge in [0, 0.05) is 44.7 Å². The fraction of sp³-hybridized carbons (Fsp3) is 0.481. The van der Waals surface area contributed by atoms with Crippen LogP contribution in [0, 0.1) is 6.92 Å². The molecule has 0 fully saturated rings. The number of rotatable bonds is 9. The van der Waals surface area contributed by atoms with E-state index < -0.39 is 10.0 Å². The van der Waals surface area contributed by atoms with Crippen molar-refractivity contribution in [2.24, 2.45) is 0 Å². The van der Waals surface area contributed by atoms with Crippen molar-refractivity contribution < 1.29 is 13.2 Å². The van der Waals surface area contributed by atoms with E-state index in [1.54, 1.807) is 12.1 Å². The molecule has 8 heteroatoms. The molecule has 1 aromatic heterocycles. The number of sulfonamides is 1. The summed E-state index contributed by atoms with van der Waals surface area (Å²) in [4.78, 5) is 20.2. The van der Waals surface area contributed by atoms with Gasteiger partial charge in [0.05, 0.1) is 15.9 Å². The maximum Gasteiger partial charge on any atom is 0.243 e. The number of benzene rings is 2. The van der Waals surface area contributed by atoms with Crippen LogP contribution in [0.1, 0.15) is 57.0 Å². The van der Waals surface area contributed by atoms with Gasteiger partial charge < -0.3 is 9.47 Å². The van der Waals surface area contributed by atoms with Gasteiger partial charge in [0.25, 0.3) is 0 Å². The van der Waals surface area contributed by atoms with Crippen LogP contribution in [0.4, 0.5) is 5.69 Å². The SMILES string of the molecule is CCCn1c(CCC(=O)N2CCCc3cc(C)ccc32)nc2cc(S(=O)(=O)N(CC)CC)ccc21. The lowest BCUT2D eigenvalue weighted by Crippen LogP contribution is -2.35. The van der Waals surface area contributed by atoms with Gasteiger partial charge in [-0.1, -0.05) is 38.5 Å². The molecule has 0 saturated heterocycles. The smallest absolute Gasteiger partial charge is 0.243 e. The van der Waals surface area contributed by atoms with Gasteiger partial charge in [-0.15, -0.1) is 0 Å². The zero-order valence-electron chi connectivity index (χ0n) is 21.2. The van der Waals surface area contributed by atoms with Crippen LogP contribution >= 0.6 is 0 Å². The molecule has 0 aliphatic carbocycles. The highest BCUT2D eigenvalue weighted by molar-refractivity contribution is 7.89. The van der Waals surface area contributed by atoms with E-state index >= 15 is 0 Å². The second-order valence-corrected chi connectivity index (χ2v) is 11.1. The number of hydrogen-bond donors (Lipinski definition) is 0. The summed E-state index contributed by atoms with van der Waals surface area (Å²) in [5.41, 5.74) is 5.05. The topological polar surface area (TPSA) is 75.5 Å². The Labute approximate surface area is 208 Å². The largest absolute Gasteiger partial charge is 0.328 e. The third-order valence-corrected chi connectivity index (χ3v) is 8.85. The van der Waals surface area contributed by atoms with Gasteiger partial charge in [-0.25, -0.2) is 13.4 Å². The molecule has 35 heavy (non-hydrogen) atoms. The number of aryl methyl sites for hydroxylation is 4. The maximum absolute atomic E-state index is 13.2. The lowest BCUT2D eigenvalue weighted by atomic mass is 9.99. The summed E-state index contributed by atoms with van der Waals surface area (Å²) in [5, 5.41) is 0. The number of imidazole rings is 1. The molecule has 1 aliphatic rings. The first-order valence-corrected chi connectivity index (χ1v) is 14.1. The molecule has 2 aromatic carbocycles.